The van der Waals surface area contributed by atoms with Crippen molar-refractivity contribution in [3.05, 3.63) is 82.2 Å². The van der Waals surface area contributed by atoms with Crippen molar-refractivity contribution in [1.29, 1.82) is 0 Å². The summed E-state index contributed by atoms with van der Waals surface area (Å²) in [5.41, 5.74) is 5.34. The van der Waals surface area contributed by atoms with Crippen LogP contribution in [0.4, 0.5) is 0 Å². The summed E-state index contributed by atoms with van der Waals surface area (Å²) >= 11 is 1.81. The average molecular weight is 268 g/mol. The lowest BCUT2D eigenvalue weighted by molar-refractivity contribution is 0.963. The van der Waals surface area contributed by atoms with Crippen molar-refractivity contribution in [2.45, 2.75) is 26.2 Å². The van der Waals surface area contributed by atoms with Crippen LogP contribution in [-0.2, 0) is 0 Å². The van der Waals surface area contributed by atoms with E-state index >= 15 is 0 Å². The molecular weight excluding hydrogens is 248 g/mol. The molecule has 0 atom stereocenters. The van der Waals surface area contributed by atoms with Gasteiger partial charge in [0.1, 0.15) is 0 Å². The molecule has 0 N–H and O–H groups in total. The van der Waals surface area contributed by atoms with Gasteiger partial charge < -0.3 is 0 Å². The summed E-state index contributed by atoms with van der Waals surface area (Å²) in [7, 11) is 0. The van der Waals surface area contributed by atoms with Gasteiger partial charge in [0.15, 0.2) is 0 Å². The summed E-state index contributed by atoms with van der Waals surface area (Å²) in [6.45, 7) is 9.97. The minimum absolute atomic E-state index is 0.980. The van der Waals surface area contributed by atoms with E-state index in [0.717, 1.165) is 19.3 Å². The zero-order chi connectivity index (χ0) is 13.7. The van der Waals surface area contributed by atoms with E-state index in [0.29, 0.717) is 0 Å². The Morgan fingerprint density at radius 3 is 2.79 bits per heavy atom. The summed E-state index contributed by atoms with van der Waals surface area (Å²) in [6, 6.07) is 0. The van der Waals surface area contributed by atoms with E-state index in [9.17, 15) is 0 Å². The van der Waals surface area contributed by atoms with Gasteiger partial charge in [0.25, 0.3) is 0 Å². The molecule has 2 aliphatic rings. The Bertz CT molecular complexity index is 536. The van der Waals surface area contributed by atoms with E-state index in [1.54, 1.807) is 11.8 Å². The van der Waals surface area contributed by atoms with Crippen molar-refractivity contribution < 1.29 is 0 Å². The van der Waals surface area contributed by atoms with E-state index in [1.165, 1.54) is 27.2 Å². The van der Waals surface area contributed by atoms with Gasteiger partial charge in [-0.05, 0) is 42.7 Å². The van der Waals surface area contributed by atoms with Crippen LogP contribution in [0.5, 0.6) is 0 Å². The highest BCUT2D eigenvalue weighted by atomic mass is 32.2. The highest BCUT2D eigenvalue weighted by Gasteiger charge is 2.12. The van der Waals surface area contributed by atoms with E-state index in [1.807, 2.05) is 6.08 Å². The van der Waals surface area contributed by atoms with Crippen molar-refractivity contribution >= 4 is 11.8 Å². The lowest BCUT2D eigenvalue weighted by atomic mass is 10.1. The first-order chi connectivity index (χ1) is 9.22. The van der Waals surface area contributed by atoms with Crippen molar-refractivity contribution in [3.8, 4) is 0 Å². The Labute approximate surface area is 120 Å². The molecule has 0 aromatic rings. The van der Waals surface area contributed by atoms with Crippen molar-refractivity contribution in [2.75, 3.05) is 0 Å². The molecular formula is C18H20S. The van der Waals surface area contributed by atoms with Crippen LogP contribution in [0.15, 0.2) is 82.2 Å². The fraction of sp³-hybridized carbons (Fsp3) is 0.222. The fourth-order valence-electron chi connectivity index (χ4n) is 2.18. The smallest absolute Gasteiger partial charge is 0.0252 e. The zero-order valence-corrected chi connectivity index (χ0v) is 12.3. The molecule has 0 nitrogen and oxygen atoms in total. The Balaban J connectivity index is 1.90. The second-order valence-corrected chi connectivity index (χ2v) is 5.70. The van der Waals surface area contributed by atoms with Crippen LogP contribution in [0, 0.1) is 0 Å². The van der Waals surface area contributed by atoms with Crippen LogP contribution in [-0.4, -0.2) is 0 Å². The van der Waals surface area contributed by atoms with Gasteiger partial charge in [-0.3, -0.25) is 0 Å². The lowest BCUT2D eigenvalue weighted by Gasteiger charge is -2.01. The molecule has 0 aromatic heterocycles. The SMILES string of the molecule is C=C/C=C1\C=C(CC(=C)/C=C\C(=C/C)C2=CS2)CC1. The summed E-state index contributed by atoms with van der Waals surface area (Å²) < 4.78 is 0. The molecule has 1 aliphatic heterocycles. The van der Waals surface area contributed by atoms with Gasteiger partial charge in [0.2, 0.25) is 0 Å². The molecule has 0 radical (unpaired) electrons. The lowest BCUT2D eigenvalue weighted by Crippen LogP contribution is -1.81. The maximum Gasteiger partial charge on any atom is 0.0252 e. The minimum Gasteiger partial charge on any atom is -0.0991 e. The van der Waals surface area contributed by atoms with E-state index in [-0.39, 0.29) is 0 Å². The molecule has 0 saturated heterocycles. The largest absolute Gasteiger partial charge is 0.0991 e. The Morgan fingerprint density at radius 2 is 2.16 bits per heavy atom. The molecule has 0 saturated carbocycles. The van der Waals surface area contributed by atoms with Gasteiger partial charge in [0.05, 0.1) is 0 Å². The number of hydrogen-bond donors (Lipinski definition) is 0. The summed E-state index contributed by atoms with van der Waals surface area (Å²) in [6.07, 6.45) is 16.0. The van der Waals surface area contributed by atoms with Crippen LogP contribution in [0.1, 0.15) is 26.2 Å². The third kappa shape index (κ3) is 4.29. The van der Waals surface area contributed by atoms with Gasteiger partial charge in [-0.25, -0.2) is 0 Å². The van der Waals surface area contributed by atoms with E-state index in [4.69, 9.17) is 0 Å². The molecule has 98 valence electrons. The van der Waals surface area contributed by atoms with Crippen LogP contribution < -0.4 is 0 Å². The Morgan fingerprint density at radius 1 is 1.37 bits per heavy atom. The quantitative estimate of drug-likeness (QED) is 0.544. The Kier molecular flexibility index (Phi) is 4.86. The normalized spacial score (nSPS) is 20.7. The van der Waals surface area contributed by atoms with E-state index in [2.05, 4.69) is 55.9 Å². The van der Waals surface area contributed by atoms with Gasteiger partial charge in [-0.1, -0.05) is 72.5 Å². The van der Waals surface area contributed by atoms with Crippen molar-refractivity contribution in [2.24, 2.45) is 0 Å². The van der Waals surface area contributed by atoms with Crippen molar-refractivity contribution in [3.63, 3.8) is 0 Å². The average Bonchev–Trinajstić information content (AvgIpc) is 3.13. The third-order valence-corrected chi connectivity index (χ3v) is 3.95. The van der Waals surface area contributed by atoms with Crippen LogP contribution in [0.25, 0.3) is 0 Å². The minimum atomic E-state index is 0.980. The van der Waals surface area contributed by atoms with Gasteiger partial charge in [0, 0.05) is 4.91 Å². The second kappa shape index (κ2) is 6.63. The molecule has 19 heavy (non-hydrogen) atoms. The zero-order valence-electron chi connectivity index (χ0n) is 11.5. The molecule has 0 bridgehead atoms. The maximum absolute atomic E-state index is 4.15. The molecule has 0 fully saturated rings. The van der Waals surface area contributed by atoms with Crippen LogP contribution in [0.3, 0.4) is 0 Å². The van der Waals surface area contributed by atoms with Crippen LogP contribution >= 0.6 is 11.8 Å². The number of hydrogen-bond acceptors (Lipinski definition) is 1. The predicted octanol–water partition coefficient (Wildman–Crippen LogP) is 5.86. The van der Waals surface area contributed by atoms with Gasteiger partial charge >= 0.3 is 0 Å². The number of thioether (sulfide) groups is 1. The van der Waals surface area contributed by atoms with Gasteiger partial charge in [-0.2, -0.15) is 0 Å². The molecule has 1 heterocycles. The highest BCUT2D eigenvalue weighted by molar-refractivity contribution is 8.12. The first-order valence-electron chi connectivity index (χ1n) is 6.63. The predicted molar refractivity (Wildman–Crippen MR) is 87.9 cm³/mol. The Hall–Kier alpha value is -1.47. The first kappa shape index (κ1) is 14.0. The topological polar surface area (TPSA) is 0 Å². The first-order valence-corrected chi connectivity index (χ1v) is 7.51. The summed E-state index contributed by atoms with van der Waals surface area (Å²) in [5, 5.41) is 2.17. The molecule has 0 aromatic carbocycles. The second-order valence-electron chi connectivity index (χ2n) is 4.79. The van der Waals surface area contributed by atoms with Crippen molar-refractivity contribution in [1.82, 2.24) is 0 Å². The number of rotatable bonds is 6. The maximum atomic E-state index is 4.15. The van der Waals surface area contributed by atoms with E-state index < -0.39 is 0 Å². The van der Waals surface area contributed by atoms with Crippen LogP contribution in [0.2, 0.25) is 0 Å². The summed E-state index contributed by atoms with van der Waals surface area (Å²) in [5.74, 6) is 0. The molecule has 0 amide bonds. The summed E-state index contributed by atoms with van der Waals surface area (Å²) in [4.78, 5) is 1.38. The third-order valence-electron chi connectivity index (χ3n) is 3.24. The van der Waals surface area contributed by atoms with Gasteiger partial charge in [-0.15, -0.1) is 0 Å². The molecule has 1 heteroatoms. The fourth-order valence-corrected chi connectivity index (χ4v) is 2.70. The highest BCUT2D eigenvalue weighted by Crippen LogP contribution is 2.40. The molecule has 2 rings (SSSR count). The molecule has 1 aliphatic carbocycles. The molecule has 0 spiro atoms. The standard InChI is InChI=1S/C18H20S/c1-4-6-15-8-9-16(12-15)11-14(3)7-10-17(5-2)18-13-19-18/h4-7,10,12-13H,1,3,8-9,11H2,2H3/b10-7-,15-6-,17-5+. The molecule has 0 unspecified atom stereocenters. The monoisotopic (exact) mass is 268 g/mol. The number of allylic oxidation sites excluding steroid dienone is 10.